The SMILES string of the molecule is Cc1cccc(C(C)C)c1NC(=O)C[NH+]1CCC[C@H]1c1cccs1. The number of rotatable bonds is 5. The standard InChI is InChI=1S/C20H26N2OS/c1-14(2)16-8-4-7-15(3)20(16)21-19(23)13-22-11-5-9-17(22)18-10-6-12-24-18/h4,6-8,10,12,14,17H,5,9,11,13H2,1-3H3,(H,21,23)/p+1/t17-/m0/s1. The Morgan fingerprint density at radius 2 is 2.17 bits per heavy atom. The second-order valence-corrected chi connectivity index (χ2v) is 8.02. The number of thiophene rings is 1. The Morgan fingerprint density at radius 3 is 2.88 bits per heavy atom. The Hall–Kier alpha value is -1.65. The average Bonchev–Trinajstić information content (AvgIpc) is 3.19. The Kier molecular flexibility index (Phi) is 5.36. The van der Waals surface area contributed by atoms with E-state index in [1.807, 2.05) is 11.3 Å². The van der Waals surface area contributed by atoms with Gasteiger partial charge in [-0.25, -0.2) is 0 Å². The van der Waals surface area contributed by atoms with Gasteiger partial charge in [0, 0.05) is 18.5 Å². The first-order valence-corrected chi connectivity index (χ1v) is 9.71. The summed E-state index contributed by atoms with van der Waals surface area (Å²) >= 11 is 1.81. The molecule has 1 amide bonds. The predicted octanol–water partition coefficient (Wildman–Crippen LogP) is 3.54. The van der Waals surface area contributed by atoms with E-state index in [9.17, 15) is 4.79 Å². The van der Waals surface area contributed by atoms with Gasteiger partial charge in [-0.1, -0.05) is 38.1 Å². The zero-order valence-electron chi connectivity index (χ0n) is 14.8. The van der Waals surface area contributed by atoms with E-state index in [1.54, 1.807) is 0 Å². The van der Waals surface area contributed by atoms with Crippen molar-refractivity contribution in [1.29, 1.82) is 0 Å². The smallest absolute Gasteiger partial charge is 0.279 e. The van der Waals surface area contributed by atoms with Gasteiger partial charge in [0.25, 0.3) is 5.91 Å². The molecule has 3 nitrogen and oxygen atoms in total. The summed E-state index contributed by atoms with van der Waals surface area (Å²) in [5.74, 6) is 0.530. The van der Waals surface area contributed by atoms with Crippen molar-refractivity contribution in [3.8, 4) is 0 Å². The maximum atomic E-state index is 12.7. The monoisotopic (exact) mass is 343 g/mol. The molecular formula is C20H27N2OS+. The van der Waals surface area contributed by atoms with E-state index in [2.05, 4.69) is 61.8 Å². The van der Waals surface area contributed by atoms with Gasteiger partial charge in [-0.05, 0) is 35.4 Å². The number of likely N-dealkylation sites (tertiary alicyclic amines) is 1. The van der Waals surface area contributed by atoms with Gasteiger partial charge < -0.3 is 10.2 Å². The van der Waals surface area contributed by atoms with Crippen LogP contribution in [0.5, 0.6) is 0 Å². The highest BCUT2D eigenvalue weighted by Crippen LogP contribution is 2.27. The van der Waals surface area contributed by atoms with E-state index in [0.717, 1.165) is 17.8 Å². The zero-order valence-corrected chi connectivity index (χ0v) is 15.6. The van der Waals surface area contributed by atoms with E-state index in [1.165, 1.54) is 28.2 Å². The van der Waals surface area contributed by atoms with Gasteiger partial charge in [-0.2, -0.15) is 0 Å². The maximum Gasteiger partial charge on any atom is 0.279 e. The van der Waals surface area contributed by atoms with Crippen molar-refractivity contribution in [2.75, 3.05) is 18.4 Å². The molecule has 3 rings (SSSR count). The minimum Gasteiger partial charge on any atom is -0.321 e. The van der Waals surface area contributed by atoms with E-state index in [4.69, 9.17) is 0 Å². The summed E-state index contributed by atoms with van der Waals surface area (Å²) in [5.41, 5.74) is 3.36. The normalized spacial score (nSPS) is 20.5. The lowest BCUT2D eigenvalue weighted by Gasteiger charge is -2.21. The third-order valence-corrected chi connectivity index (χ3v) is 5.94. The fourth-order valence-corrected chi connectivity index (χ4v) is 4.61. The minimum absolute atomic E-state index is 0.129. The van der Waals surface area contributed by atoms with Crippen LogP contribution in [0.3, 0.4) is 0 Å². The molecule has 1 aliphatic rings. The fourth-order valence-electron chi connectivity index (χ4n) is 3.69. The number of nitrogens with one attached hydrogen (secondary N) is 2. The average molecular weight is 344 g/mol. The number of carbonyl (C=O) groups is 1. The van der Waals surface area contributed by atoms with Crippen LogP contribution in [0.2, 0.25) is 0 Å². The molecule has 2 atom stereocenters. The summed E-state index contributed by atoms with van der Waals surface area (Å²) in [6.45, 7) is 8.04. The second kappa shape index (κ2) is 7.49. The molecule has 0 spiro atoms. The van der Waals surface area contributed by atoms with E-state index in [0.29, 0.717) is 18.5 Å². The van der Waals surface area contributed by atoms with Crippen molar-refractivity contribution >= 4 is 22.9 Å². The molecule has 1 unspecified atom stereocenters. The number of carbonyl (C=O) groups excluding carboxylic acids is 1. The van der Waals surface area contributed by atoms with Crippen molar-refractivity contribution in [1.82, 2.24) is 0 Å². The lowest BCUT2D eigenvalue weighted by atomic mass is 9.98. The first-order valence-electron chi connectivity index (χ1n) is 8.83. The lowest BCUT2D eigenvalue weighted by molar-refractivity contribution is -0.910. The summed E-state index contributed by atoms with van der Waals surface area (Å²) in [5, 5.41) is 5.33. The third kappa shape index (κ3) is 3.70. The van der Waals surface area contributed by atoms with Crippen molar-refractivity contribution in [3.05, 3.63) is 51.7 Å². The Morgan fingerprint density at radius 1 is 1.33 bits per heavy atom. The largest absolute Gasteiger partial charge is 0.321 e. The maximum absolute atomic E-state index is 12.7. The molecule has 0 saturated carbocycles. The van der Waals surface area contributed by atoms with Crippen LogP contribution in [-0.2, 0) is 4.79 Å². The molecule has 0 radical (unpaired) electrons. The molecule has 1 fully saturated rings. The molecule has 4 heteroatoms. The Balaban J connectivity index is 1.70. The number of hydrogen-bond acceptors (Lipinski definition) is 2. The van der Waals surface area contributed by atoms with Crippen LogP contribution < -0.4 is 10.2 Å². The molecular weight excluding hydrogens is 316 g/mol. The number of quaternary nitrogens is 1. The van der Waals surface area contributed by atoms with Gasteiger partial charge in [0.1, 0.15) is 6.04 Å². The Bertz CT molecular complexity index is 694. The van der Waals surface area contributed by atoms with Gasteiger partial charge in [0.2, 0.25) is 0 Å². The first kappa shape index (κ1) is 17.2. The molecule has 2 heterocycles. The van der Waals surface area contributed by atoms with Crippen LogP contribution in [0.25, 0.3) is 0 Å². The molecule has 2 N–H and O–H groups in total. The summed E-state index contributed by atoms with van der Waals surface area (Å²) in [7, 11) is 0. The first-order chi connectivity index (χ1) is 11.6. The molecule has 0 bridgehead atoms. The van der Waals surface area contributed by atoms with E-state index >= 15 is 0 Å². The topological polar surface area (TPSA) is 33.5 Å². The van der Waals surface area contributed by atoms with Crippen LogP contribution in [0, 0.1) is 6.92 Å². The van der Waals surface area contributed by atoms with Gasteiger partial charge >= 0.3 is 0 Å². The molecule has 128 valence electrons. The molecule has 0 aliphatic carbocycles. The third-order valence-electron chi connectivity index (χ3n) is 4.95. The zero-order chi connectivity index (χ0) is 17.1. The quantitative estimate of drug-likeness (QED) is 0.855. The van der Waals surface area contributed by atoms with E-state index in [-0.39, 0.29) is 5.91 Å². The van der Waals surface area contributed by atoms with Crippen molar-refractivity contribution < 1.29 is 9.69 Å². The summed E-state index contributed by atoms with van der Waals surface area (Å²) in [4.78, 5) is 15.5. The minimum atomic E-state index is 0.129. The number of benzene rings is 1. The number of hydrogen-bond donors (Lipinski definition) is 2. The summed E-state index contributed by atoms with van der Waals surface area (Å²) in [6.07, 6.45) is 2.39. The number of amides is 1. The van der Waals surface area contributed by atoms with E-state index < -0.39 is 0 Å². The van der Waals surface area contributed by atoms with Gasteiger partial charge in [-0.3, -0.25) is 4.79 Å². The second-order valence-electron chi connectivity index (χ2n) is 7.04. The van der Waals surface area contributed by atoms with Crippen LogP contribution >= 0.6 is 11.3 Å². The lowest BCUT2D eigenvalue weighted by Crippen LogP contribution is -3.11. The van der Waals surface area contributed by atoms with Gasteiger partial charge in [-0.15, -0.1) is 11.3 Å². The van der Waals surface area contributed by atoms with Crippen LogP contribution in [0.15, 0.2) is 35.7 Å². The van der Waals surface area contributed by atoms with Crippen LogP contribution in [0.4, 0.5) is 5.69 Å². The molecule has 24 heavy (non-hydrogen) atoms. The van der Waals surface area contributed by atoms with Crippen molar-refractivity contribution in [3.63, 3.8) is 0 Å². The summed E-state index contributed by atoms with van der Waals surface area (Å²) in [6, 6.07) is 11.0. The fraction of sp³-hybridized carbons (Fsp3) is 0.450. The van der Waals surface area contributed by atoms with Gasteiger partial charge in [0.15, 0.2) is 6.54 Å². The number of para-hydroxylation sites is 1. The van der Waals surface area contributed by atoms with Gasteiger partial charge in [0.05, 0.1) is 11.4 Å². The van der Waals surface area contributed by atoms with Crippen molar-refractivity contribution in [2.45, 2.75) is 45.6 Å². The predicted molar refractivity (Wildman–Crippen MR) is 101 cm³/mol. The molecule has 1 aromatic heterocycles. The van der Waals surface area contributed by atoms with Crippen LogP contribution in [0.1, 0.15) is 54.7 Å². The number of anilines is 1. The Labute approximate surface area is 148 Å². The molecule has 1 saturated heterocycles. The highest BCUT2D eigenvalue weighted by molar-refractivity contribution is 7.10. The highest BCUT2D eigenvalue weighted by Gasteiger charge is 2.32. The van der Waals surface area contributed by atoms with Crippen LogP contribution in [-0.4, -0.2) is 19.0 Å². The summed E-state index contributed by atoms with van der Waals surface area (Å²) < 4.78 is 0. The molecule has 1 aromatic carbocycles. The molecule has 1 aliphatic heterocycles. The number of aryl methyl sites for hydroxylation is 1. The van der Waals surface area contributed by atoms with Crippen molar-refractivity contribution in [2.24, 2.45) is 0 Å². The highest BCUT2D eigenvalue weighted by atomic mass is 32.1. The molecule has 2 aromatic rings.